The molecule has 6 rings (SSSR count). The normalized spacial score (nSPS) is 13.8. The van der Waals surface area contributed by atoms with Crippen molar-refractivity contribution >= 4 is 33.7 Å². The molecule has 0 bridgehead atoms. The van der Waals surface area contributed by atoms with Crippen molar-refractivity contribution in [2.24, 2.45) is 0 Å². The van der Waals surface area contributed by atoms with Crippen molar-refractivity contribution in [3.8, 4) is 0 Å². The number of nitrogens with zero attached hydrogens (tertiary/aromatic N) is 5. The van der Waals surface area contributed by atoms with Crippen LogP contribution >= 0.6 is 0 Å². The van der Waals surface area contributed by atoms with Crippen LogP contribution in [-0.2, 0) is 24.1 Å². The van der Waals surface area contributed by atoms with Crippen molar-refractivity contribution in [3.63, 3.8) is 0 Å². The third-order valence-electron chi connectivity index (χ3n) is 7.03. The van der Waals surface area contributed by atoms with Gasteiger partial charge in [-0.05, 0) is 67.5 Å². The lowest BCUT2D eigenvalue weighted by Crippen LogP contribution is -2.18. The molecule has 1 unspecified atom stereocenters. The molecule has 37 heavy (non-hydrogen) atoms. The molecule has 5 aromatic rings. The Bertz CT molecular complexity index is 1590. The zero-order valence-electron chi connectivity index (χ0n) is 20.5. The van der Waals surface area contributed by atoms with E-state index in [1.54, 1.807) is 10.9 Å². The van der Waals surface area contributed by atoms with E-state index in [9.17, 15) is 9.90 Å². The molecule has 8 heteroatoms. The lowest BCUT2D eigenvalue weighted by molar-refractivity contribution is -0.137. The van der Waals surface area contributed by atoms with Gasteiger partial charge in [0.1, 0.15) is 11.9 Å². The molecule has 186 valence electrons. The smallest absolute Gasteiger partial charge is 0.305 e. The highest BCUT2D eigenvalue weighted by Gasteiger charge is 2.23. The van der Waals surface area contributed by atoms with E-state index in [1.807, 2.05) is 42.6 Å². The van der Waals surface area contributed by atoms with Gasteiger partial charge in [0.15, 0.2) is 0 Å². The largest absolute Gasteiger partial charge is 0.481 e. The first-order chi connectivity index (χ1) is 18.2. The molecule has 1 atom stereocenters. The first-order valence-electron chi connectivity index (χ1n) is 12.8. The molecule has 1 aliphatic heterocycles. The summed E-state index contributed by atoms with van der Waals surface area (Å²) in [4.78, 5) is 25.9. The number of aromatic nitrogens is 5. The molecule has 0 aliphatic carbocycles. The van der Waals surface area contributed by atoms with Gasteiger partial charge in [-0.15, -0.1) is 0 Å². The van der Waals surface area contributed by atoms with Crippen LogP contribution in [0.2, 0.25) is 0 Å². The number of pyridine rings is 1. The SMILES string of the molecule is O=C(O)CC(c1cnc2ccccc2n1)n1ncc2c(CCCc3ccc4c(n3)NCCC4)cccc21. The fourth-order valence-electron chi connectivity index (χ4n) is 5.18. The van der Waals surface area contributed by atoms with Gasteiger partial charge in [0, 0.05) is 17.6 Å². The van der Waals surface area contributed by atoms with Gasteiger partial charge in [-0.1, -0.05) is 30.3 Å². The number of hydrogen-bond acceptors (Lipinski definition) is 6. The number of hydrogen-bond donors (Lipinski definition) is 2. The molecule has 0 saturated heterocycles. The maximum absolute atomic E-state index is 11.8. The van der Waals surface area contributed by atoms with Gasteiger partial charge in [-0.2, -0.15) is 5.10 Å². The minimum atomic E-state index is -0.910. The molecule has 1 aliphatic rings. The number of nitrogens with one attached hydrogen (secondary N) is 1. The van der Waals surface area contributed by atoms with E-state index in [0.29, 0.717) is 5.69 Å². The summed E-state index contributed by atoms with van der Waals surface area (Å²) in [6, 6.07) is 17.5. The lowest BCUT2D eigenvalue weighted by Gasteiger charge is -2.17. The summed E-state index contributed by atoms with van der Waals surface area (Å²) in [5, 5.41) is 18.8. The average molecular weight is 493 g/mol. The van der Waals surface area contributed by atoms with Gasteiger partial charge in [0.25, 0.3) is 0 Å². The van der Waals surface area contributed by atoms with E-state index < -0.39 is 12.0 Å². The van der Waals surface area contributed by atoms with E-state index in [4.69, 9.17) is 9.97 Å². The van der Waals surface area contributed by atoms with Crippen molar-refractivity contribution in [2.45, 2.75) is 44.6 Å². The number of carbonyl (C=O) groups is 1. The van der Waals surface area contributed by atoms with Crippen molar-refractivity contribution in [3.05, 3.63) is 89.5 Å². The Morgan fingerprint density at radius 3 is 2.78 bits per heavy atom. The van der Waals surface area contributed by atoms with Crippen molar-refractivity contribution < 1.29 is 9.90 Å². The molecule has 4 heterocycles. The van der Waals surface area contributed by atoms with E-state index in [2.05, 4.69) is 33.6 Å². The monoisotopic (exact) mass is 492 g/mol. The van der Waals surface area contributed by atoms with Crippen molar-refractivity contribution in [1.82, 2.24) is 24.7 Å². The number of benzene rings is 2. The molecule has 0 fully saturated rings. The van der Waals surface area contributed by atoms with Crippen molar-refractivity contribution in [2.75, 3.05) is 11.9 Å². The maximum atomic E-state index is 11.8. The Morgan fingerprint density at radius 1 is 1.00 bits per heavy atom. The quantitative estimate of drug-likeness (QED) is 0.315. The second-order valence-electron chi connectivity index (χ2n) is 9.53. The summed E-state index contributed by atoms with van der Waals surface area (Å²) in [5.74, 6) is 0.125. The topological polar surface area (TPSA) is 106 Å². The van der Waals surface area contributed by atoms with Crippen LogP contribution in [0.3, 0.4) is 0 Å². The fraction of sp³-hybridized carbons (Fsp3) is 0.276. The highest BCUT2D eigenvalue weighted by atomic mass is 16.4. The van der Waals surface area contributed by atoms with E-state index in [-0.39, 0.29) is 6.42 Å². The van der Waals surface area contributed by atoms with E-state index in [1.165, 1.54) is 11.1 Å². The van der Waals surface area contributed by atoms with Crippen LogP contribution < -0.4 is 5.32 Å². The van der Waals surface area contributed by atoms with Gasteiger partial charge in [0.05, 0.1) is 41.1 Å². The number of para-hydroxylation sites is 2. The van der Waals surface area contributed by atoms with Crippen LogP contribution in [-0.4, -0.2) is 42.4 Å². The third kappa shape index (κ3) is 4.74. The number of rotatable bonds is 8. The van der Waals surface area contributed by atoms with Gasteiger partial charge in [0.2, 0.25) is 0 Å². The lowest BCUT2D eigenvalue weighted by atomic mass is 10.0. The summed E-state index contributed by atoms with van der Waals surface area (Å²) in [6.45, 7) is 0.989. The van der Waals surface area contributed by atoms with Gasteiger partial charge in [-0.3, -0.25) is 14.5 Å². The standard InChI is InChI=1S/C29H28N6O2/c36-28(37)16-27(25-18-31-23-10-1-2-11-24(23)34-25)35-26-12-4-7-19(22(26)17-32-35)6-3-9-21-14-13-20-8-5-15-30-29(20)33-21/h1-2,4,7,10-14,17-18,27H,3,5-6,8-9,15-16H2,(H,30,33)(H,36,37). The van der Waals surface area contributed by atoms with Crippen LogP contribution in [0.4, 0.5) is 5.82 Å². The third-order valence-corrected chi connectivity index (χ3v) is 7.03. The van der Waals surface area contributed by atoms with Crippen molar-refractivity contribution in [1.29, 1.82) is 0 Å². The Kier molecular flexibility index (Phi) is 6.22. The predicted octanol–water partition coefficient (Wildman–Crippen LogP) is 4.97. The van der Waals surface area contributed by atoms with Gasteiger partial charge < -0.3 is 10.4 Å². The zero-order valence-corrected chi connectivity index (χ0v) is 20.5. The Labute approximate surface area is 214 Å². The average Bonchev–Trinajstić information content (AvgIpc) is 3.36. The number of aryl methyl sites for hydroxylation is 3. The molecule has 0 radical (unpaired) electrons. The molecule has 2 aromatic carbocycles. The first-order valence-corrected chi connectivity index (χ1v) is 12.8. The Hall–Kier alpha value is -4.33. The number of carboxylic acid groups (broad SMARTS) is 1. The molecular formula is C29H28N6O2. The summed E-state index contributed by atoms with van der Waals surface area (Å²) in [6.07, 6.45) is 8.36. The summed E-state index contributed by atoms with van der Waals surface area (Å²) in [5.41, 5.74) is 6.60. The predicted molar refractivity (Wildman–Crippen MR) is 143 cm³/mol. The molecule has 0 spiro atoms. The van der Waals surface area contributed by atoms with Crippen LogP contribution in [0.1, 0.15) is 47.8 Å². The fourth-order valence-corrected chi connectivity index (χ4v) is 5.18. The minimum Gasteiger partial charge on any atom is -0.481 e. The molecule has 8 nitrogen and oxygen atoms in total. The van der Waals surface area contributed by atoms with E-state index in [0.717, 1.165) is 72.1 Å². The van der Waals surface area contributed by atoms with Crippen LogP contribution in [0.5, 0.6) is 0 Å². The van der Waals surface area contributed by atoms with Gasteiger partial charge >= 0.3 is 5.97 Å². The molecular weight excluding hydrogens is 464 g/mol. The van der Waals surface area contributed by atoms with Gasteiger partial charge in [-0.25, -0.2) is 9.97 Å². The molecule has 0 saturated carbocycles. The summed E-state index contributed by atoms with van der Waals surface area (Å²) < 4.78 is 1.78. The summed E-state index contributed by atoms with van der Waals surface area (Å²) in [7, 11) is 0. The van der Waals surface area contributed by atoms with Crippen LogP contribution in [0.15, 0.2) is 67.0 Å². The Balaban J connectivity index is 1.26. The maximum Gasteiger partial charge on any atom is 0.305 e. The zero-order chi connectivity index (χ0) is 25.2. The highest BCUT2D eigenvalue weighted by Crippen LogP contribution is 2.28. The Morgan fingerprint density at radius 2 is 1.89 bits per heavy atom. The molecule has 0 amide bonds. The first kappa shape index (κ1) is 23.1. The number of aliphatic carboxylic acids is 1. The second kappa shape index (κ2) is 9.97. The molecule has 3 aromatic heterocycles. The van der Waals surface area contributed by atoms with E-state index >= 15 is 0 Å². The summed E-state index contributed by atoms with van der Waals surface area (Å²) >= 11 is 0. The van der Waals surface area contributed by atoms with Crippen LogP contribution in [0.25, 0.3) is 21.9 Å². The second-order valence-corrected chi connectivity index (χ2v) is 9.53. The number of fused-ring (bicyclic) bond motifs is 3. The number of carboxylic acids is 1. The number of anilines is 1. The molecule has 2 N–H and O–H groups in total. The minimum absolute atomic E-state index is 0.133. The van der Waals surface area contributed by atoms with Crippen LogP contribution in [0, 0.1) is 0 Å². The highest BCUT2D eigenvalue weighted by molar-refractivity contribution is 5.83.